The molecular weight excluding hydrogens is 110 g/mol. The Morgan fingerprint density at radius 3 is 1.86 bits per heavy atom. The largest absolute Gasteiger partial charge is 0.329 e. The van der Waals surface area contributed by atoms with Crippen molar-refractivity contribution < 1.29 is 0 Å². The topological polar surface area (TPSA) is 38.0 Å². The minimum Gasteiger partial charge on any atom is -0.329 e. The van der Waals surface area contributed by atoms with Crippen molar-refractivity contribution in [1.82, 2.24) is 5.32 Å². The van der Waals surface area contributed by atoms with Crippen molar-refractivity contribution in [3.63, 3.8) is 0 Å². The van der Waals surface area contributed by atoms with Gasteiger partial charge in [0.25, 0.3) is 0 Å². The molecule has 0 bridgehead atoms. The summed E-state index contributed by atoms with van der Waals surface area (Å²) in [6, 6.07) is 0. The van der Waals surface area contributed by atoms with E-state index in [0.29, 0.717) is 0 Å². The Kier molecular flexibility index (Phi) is 35.7. The van der Waals surface area contributed by atoms with Crippen LogP contribution < -0.4 is 11.1 Å². The first kappa shape index (κ1) is 16.0. The van der Waals surface area contributed by atoms with E-state index in [1.165, 1.54) is 0 Å². The SMILES string of the molecule is CNCCN.[Na].[Na]. The molecule has 0 atom stereocenters. The number of rotatable bonds is 2. The number of hydrogen-bond acceptors (Lipinski definition) is 2. The van der Waals surface area contributed by atoms with Gasteiger partial charge in [-0.05, 0) is 7.05 Å². The van der Waals surface area contributed by atoms with Crippen molar-refractivity contribution in [2.24, 2.45) is 5.73 Å². The van der Waals surface area contributed by atoms with Crippen LogP contribution in [0.1, 0.15) is 0 Å². The predicted octanol–water partition coefficient (Wildman–Crippen LogP) is -1.60. The molecule has 0 aliphatic carbocycles. The maximum Gasteiger partial charge on any atom is 0.00714 e. The van der Waals surface area contributed by atoms with Crippen molar-refractivity contribution in [1.29, 1.82) is 0 Å². The Hall–Kier alpha value is 1.92. The molecule has 0 saturated heterocycles. The molecule has 0 aromatic rings. The van der Waals surface area contributed by atoms with Gasteiger partial charge in [0.1, 0.15) is 0 Å². The molecule has 0 heterocycles. The van der Waals surface area contributed by atoms with E-state index in [0.717, 1.165) is 13.1 Å². The van der Waals surface area contributed by atoms with E-state index in [1.54, 1.807) is 0 Å². The van der Waals surface area contributed by atoms with Gasteiger partial charge in [0, 0.05) is 72.2 Å². The third kappa shape index (κ3) is 18.1. The molecule has 0 aromatic heterocycles. The van der Waals surface area contributed by atoms with Crippen molar-refractivity contribution in [2.75, 3.05) is 20.1 Å². The van der Waals surface area contributed by atoms with E-state index in [9.17, 15) is 0 Å². The van der Waals surface area contributed by atoms with E-state index in [1.807, 2.05) is 7.05 Å². The van der Waals surface area contributed by atoms with E-state index in [4.69, 9.17) is 5.73 Å². The average molecular weight is 120 g/mol. The standard InChI is InChI=1S/C3H10N2.2Na/c1-5-3-2-4;;/h5H,2-4H2,1H3;;. The summed E-state index contributed by atoms with van der Waals surface area (Å²) in [5, 5.41) is 2.89. The van der Waals surface area contributed by atoms with Gasteiger partial charge < -0.3 is 11.1 Å². The maximum atomic E-state index is 5.08. The number of hydrogen-bond donors (Lipinski definition) is 2. The first-order valence-electron chi connectivity index (χ1n) is 1.76. The second-order valence-electron chi connectivity index (χ2n) is 0.892. The molecule has 0 unspecified atom stereocenters. The fourth-order valence-electron chi connectivity index (χ4n) is 0.144. The summed E-state index contributed by atoms with van der Waals surface area (Å²) in [7, 11) is 1.88. The quantitative estimate of drug-likeness (QED) is 0.431. The third-order valence-electron chi connectivity index (χ3n) is 0.394. The zero-order valence-electron chi connectivity index (χ0n) is 5.49. The Morgan fingerprint density at radius 1 is 1.43 bits per heavy atom. The van der Waals surface area contributed by atoms with Crippen LogP contribution in [0.3, 0.4) is 0 Å². The molecular formula is C3H10N2Na2. The first-order valence-corrected chi connectivity index (χ1v) is 1.76. The number of nitrogens with two attached hydrogens (primary N) is 1. The van der Waals surface area contributed by atoms with E-state index < -0.39 is 0 Å². The van der Waals surface area contributed by atoms with Crippen LogP contribution in [0.5, 0.6) is 0 Å². The fourth-order valence-corrected chi connectivity index (χ4v) is 0.144. The summed E-state index contributed by atoms with van der Waals surface area (Å²) in [4.78, 5) is 0. The number of nitrogens with one attached hydrogen (secondary N) is 1. The predicted molar refractivity (Wildman–Crippen MR) is 34.5 cm³/mol. The zero-order chi connectivity index (χ0) is 4.12. The van der Waals surface area contributed by atoms with E-state index in [2.05, 4.69) is 5.32 Å². The summed E-state index contributed by atoms with van der Waals surface area (Å²) in [6.07, 6.45) is 0. The van der Waals surface area contributed by atoms with Crippen LogP contribution in [0.2, 0.25) is 0 Å². The summed E-state index contributed by atoms with van der Waals surface area (Å²) < 4.78 is 0. The van der Waals surface area contributed by atoms with Gasteiger partial charge in [0.15, 0.2) is 0 Å². The van der Waals surface area contributed by atoms with Gasteiger partial charge in [0.05, 0.1) is 0 Å². The van der Waals surface area contributed by atoms with Crippen LogP contribution in [0.25, 0.3) is 0 Å². The van der Waals surface area contributed by atoms with Crippen LogP contribution in [0.4, 0.5) is 0 Å². The van der Waals surface area contributed by atoms with Gasteiger partial charge in [-0.25, -0.2) is 0 Å². The molecule has 3 N–H and O–H groups in total. The summed E-state index contributed by atoms with van der Waals surface area (Å²) in [5.41, 5.74) is 5.08. The molecule has 0 fully saturated rings. The molecule has 0 spiro atoms. The Balaban J connectivity index is -0.0000000800. The van der Waals surface area contributed by atoms with E-state index in [-0.39, 0.29) is 59.1 Å². The van der Waals surface area contributed by atoms with Crippen molar-refractivity contribution >= 4 is 59.1 Å². The monoisotopic (exact) mass is 120 g/mol. The molecule has 7 heavy (non-hydrogen) atoms. The second kappa shape index (κ2) is 15.7. The van der Waals surface area contributed by atoms with Crippen LogP contribution in [0.15, 0.2) is 0 Å². The molecule has 4 heteroatoms. The number of likely N-dealkylation sites (N-methyl/N-ethyl adjacent to an activating group) is 1. The normalized spacial score (nSPS) is 6.00. The molecule has 2 radical (unpaired) electrons. The summed E-state index contributed by atoms with van der Waals surface area (Å²) >= 11 is 0. The molecule has 2 nitrogen and oxygen atoms in total. The van der Waals surface area contributed by atoms with Gasteiger partial charge in [-0.15, -0.1) is 0 Å². The van der Waals surface area contributed by atoms with Gasteiger partial charge in [-0.2, -0.15) is 0 Å². The Labute approximate surface area is 89.2 Å². The fraction of sp³-hybridized carbons (Fsp3) is 1.00. The smallest absolute Gasteiger partial charge is 0.00714 e. The average Bonchev–Trinajstić information content (AvgIpc) is 1.41. The van der Waals surface area contributed by atoms with Gasteiger partial charge >= 0.3 is 0 Å². The van der Waals surface area contributed by atoms with Crippen molar-refractivity contribution in [3.8, 4) is 0 Å². The minimum atomic E-state index is 0. The third-order valence-corrected chi connectivity index (χ3v) is 0.394. The minimum absolute atomic E-state index is 0. The zero-order valence-corrected chi connectivity index (χ0v) is 9.49. The van der Waals surface area contributed by atoms with Crippen molar-refractivity contribution in [2.45, 2.75) is 0 Å². The summed E-state index contributed by atoms with van der Waals surface area (Å²) in [6.45, 7) is 1.65. The van der Waals surface area contributed by atoms with Gasteiger partial charge in [-0.1, -0.05) is 0 Å². The molecule has 0 saturated carbocycles. The molecule has 0 aliphatic heterocycles. The van der Waals surface area contributed by atoms with Gasteiger partial charge in [-0.3, -0.25) is 0 Å². The molecule has 0 aromatic carbocycles. The molecule has 0 aliphatic rings. The first-order chi connectivity index (χ1) is 2.41. The molecule has 34 valence electrons. The Bertz CT molecular complexity index is 18.4. The van der Waals surface area contributed by atoms with Crippen LogP contribution in [-0.2, 0) is 0 Å². The van der Waals surface area contributed by atoms with Gasteiger partial charge in [0.2, 0.25) is 0 Å². The second-order valence-corrected chi connectivity index (χ2v) is 0.892. The van der Waals surface area contributed by atoms with Crippen molar-refractivity contribution in [3.05, 3.63) is 0 Å². The summed E-state index contributed by atoms with van der Waals surface area (Å²) in [5.74, 6) is 0. The maximum absolute atomic E-state index is 5.08. The van der Waals surface area contributed by atoms with Crippen LogP contribution in [-0.4, -0.2) is 79.3 Å². The molecule has 0 rings (SSSR count). The van der Waals surface area contributed by atoms with Crippen LogP contribution >= 0.6 is 0 Å². The van der Waals surface area contributed by atoms with Crippen LogP contribution in [0, 0.1) is 0 Å². The molecule has 0 amide bonds. The Morgan fingerprint density at radius 2 is 1.86 bits per heavy atom. The van der Waals surface area contributed by atoms with E-state index >= 15 is 0 Å².